The number of nitrogens with one attached hydrogen (secondary N) is 2. The van der Waals surface area contributed by atoms with Crippen molar-refractivity contribution in [1.82, 2.24) is 4.98 Å². The number of hydrogen-bond donors (Lipinski definition) is 3. The van der Waals surface area contributed by atoms with E-state index in [-0.39, 0.29) is 5.84 Å². The highest BCUT2D eigenvalue weighted by Crippen LogP contribution is 2.26. The standard InChI is InChI=1S/C7H7ClN4O/c8-7(3-13)11-5(9)4-1-2-10-6(4)12-7/h1-3,10,12H,(H2,9,11). The normalized spacial score (nSPS) is 25.8. The van der Waals surface area contributed by atoms with Crippen LogP contribution in [0.2, 0.25) is 0 Å². The van der Waals surface area contributed by atoms with E-state index in [0.29, 0.717) is 12.1 Å². The van der Waals surface area contributed by atoms with Gasteiger partial charge in [0.2, 0.25) is 0 Å². The van der Waals surface area contributed by atoms with Crippen molar-refractivity contribution in [3.63, 3.8) is 0 Å². The van der Waals surface area contributed by atoms with Gasteiger partial charge < -0.3 is 16.0 Å². The van der Waals surface area contributed by atoms with Gasteiger partial charge in [0.1, 0.15) is 11.7 Å². The first kappa shape index (κ1) is 8.12. The summed E-state index contributed by atoms with van der Waals surface area (Å²) < 4.78 is 0. The van der Waals surface area contributed by atoms with E-state index < -0.39 is 5.12 Å². The van der Waals surface area contributed by atoms with Gasteiger partial charge in [0.05, 0.1) is 5.56 Å². The zero-order valence-corrected chi connectivity index (χ0v) is 7.30. The summed E-state index contributed by atoms with van der Waals surface area (Å²) in [6.45, 7) is 0. The number of H-pyrrole nitrogens is 1. The number of rotatable bonds is 1. The first-order valence-corrected chi connectivity index (χ1v) is 3.99. The summed E-state index contributed by atoms with van der Waals surface area (Å²) in [7, 11) is 0. The van der Waals surface area contributed by atoms with Crippen LogP contribution in [0.3, 0.4) is 0 Å². The summed E-state index contributed by atoms with van der Waals surface area (Å²) in [4.78, 5) is 17.3. The summed E-state index contributed by atoms with van der Waals surface area (Å²) in [6.07, 6.45) is 2.18. The van der Waals surface area contributed by atoms with Gasteiger partial charge in [0, 0.05) is 6.20 Å². The highest BCUT2D eigenvalue weighted by Gasteiger charge is 2.31. The molecule has 13 heavy (non-hydrogen) atoms. The Morgan fingerprint density at radius 2 is 2.46 bits per heavy atom. The molecular weight excluding hydrogens is 192 g/mol. The largest absolute Gasteiger partial charge is 0.383 e. The van der Waals surface area contributed by atoms with Crippen LogP contribution in [0.25, 0.3) is 0 Å². The number of anilines is 1. The molecule has 68 valence electrons. The molecule has 0 amide bonds. The van der Waals surface area contributed by atoms with Crippen molar-refractivity contribution >= 4 is 29.5 Å². The molecule has 6 heteroatoms. The molecule has 0 spiro atoms. The highest BCUT2D eigenvalue weighted by molar-refractivity contribution is 6.34. The van der Waals surface area contributed by atoms with Crippen LogP contribution in [0.1, 0.15) is 5.56 Å². The van der Waals surface area contributed by atoms with Gasteiger partial charge in [0.15, 0.2) is 6.29 Å². The third kappa shape index (κ3) is 1.17. The van der Waals surface area contributed by atoms with Gasteiger partial charge in [-0.05, 0) is 6.07 Å². The van der Waals surface area contributed by atoms with Crippen LogP contribution in [-0.2, 0) is 4.79 Å². The van der Waals surface area contributed by atoms with Gasteiger partial charge in [-0.2, -0.15) is 0 Å². The number of fused-ring (bicyclic) bond motifs is 1. The molecule has 5 nitrogen and oxygen atoms in total. The zero-order valence-electron chi connectivity index (χ0n) is 6.54. The van der Waals surface area contributed by atoms with Gasteiger partial charge in [-0.15, -0.1) is 0 Å². The summed E-state index contributed by atoms with van der Waals surface area (Å²) in [5.74, 6) is 0.853. The van der Waals surface area contributed by atoms with Gasteiger partial charge in [-0.1, -0.05) is 11.6 Å². The van der Waals surface area contributed by atoms with Gasteiger partial charge in [0.25, 0.3) is 5.12 Å². The number of halogens is 1. The Labute approximate surface area is 79.0 Å². The number of nitrogens with zero attached hydrogens (tertiary/aromatic N) is 1. The third-order valence-electron chi connectivity index (χ3n) is 1.76. The second kappa shape index (κ2) is 2.50. The second-order valence-corrected chi connectivity index (χ2v) is 3.26. The molecule has 1 unspecified atom stereocenters. The Bertz CT molecular complexity index is 386. The van der Waals surface area contributed by atoms with E-state index in [9.17, 15) is 4.79 Å². The number of carbonyl (C=O) groups is 1. The molecule has 1 aromatic rings. The van der Waals surface area contributed by atoms with Crippen molar-refractivity contribution in [2.75, 3.05) is 5.32 Å². The molecule has 1 aromatic heterocycles. The molecule has 0 aliphatic carbocycles. The number of aromatic nitrogens is 1. The maximum atomic E-state index is 10.6. The second-order valence-electron chi connectivity index (χ2n) is 2.68. The SMILES string of the molecule is NC1=NC(Cl)(C=O)Nc2[nH]ccc21. The first-order valence-electron chi connectivity index (χ1n) is 3.61. The Kier molecular flexibility index (Phi) is 1.56. The van der Waals surface area contributed by atoms with Crippen LogP contribution in [-0.4, -0.2) is 22.2 Å². The number of nitrogens with two attached hydrogens (primary N) is 1. The van der Waals surface area contributed by atoms with E-state index >= 15 is 0 Å². The molecule has 0 radical (unpaired) electrons. The van der Waals surface area contributed by atoms with E-state index in [1.807, 2.05) is 0 Å². The number of aldehydes is 1. The maximum Gasteiger partial charge on any atom is 0.266 e. The number of aliphatic imine (C=N–C) groups is 1. The maximum absolute atomic E-state index is 10.6. The first-order chi connectivity index (χ1) is 6.14. The van der Waals surface area contributed by atoms with Gasteiger partial charge in [-0.25, -0.2) is 4.99 Å². The quantitative estimate of drug-likeness (QED) is 0.343. The van der Waals surface area contributed by atoms with Crippen LogP contribution in [0.5, 0.6) is 0 Å². The number of alkyl halides is 1. The van der Waals surface area contributed by atoms with Gasteiger partial charge >= 0.3 is 0 Å². The fraction of sp³-hybridized carbons (Fsp3) is 0.143. The van der Waals surface area contributed by atoms with Crippen LogP contribution < -0.4 is 11.1 Å². The number of aromatic amines is 1. The molecule has 0 saturated heterocycles. The molecular formula is C7H7ClN4O. The number of amidine groups is 1. The van der Waals surface area contributed by atoms with E-state index in [0.717, 1.165) is 5.56 Å². The van der Waals surface area contributed by atoms with E-state index in [4.69, 9.17) is 17.3 Å². The fourth-order valence-electron chi connectivity index (χ4n) is 1.18. The molecule has 1 atom stereocenters. The molecule has 0 fully saturated rings. The molecule has 0 aromatic carbocycles. The van der Waals surface area contributed by atoms with Crippen LogP contribution in [0.4, 0.5) is 5.82 Å². The van der Waals surface area contributed by atoms with Crippen LogP contribution >= 0.6 is 11.6 Å². The van der Waals surface area contributed by atoms with Gasteiger partial charge in [-0.3, -0.25) is 4.79 Å². The van der Waals surface area contributed by atoms with Crippen LogP contribution in [0.15, 0.2) is 17.3 Å². The minimum atomic E-state index is -1.47. The Morgan fingerprint density at radius 3 is 3.15 bits per heavy atom. The predicted molar refractivity (Wildman–Crippen MR) is 49.8 cm³/mol. The monoisotopic (exact) mass is 198 g/mol. The molecule has 0 bridgehead atoms. The smallest absolute Gasteiger partial charge is 0.266 e. The van der Waals surface area contributed by atoms with Crippen LogP contribution in [0, 0.1) is 0 Å². The molecule has 0 saturated carbocycles. The summed E-state index contributed by atoms with van der Waals surface area (Å²) in [5.41, 5.74) is 6.31. The van der Waals surface area contributed by atoms with E-state index in [1.165, 1.54) is 0 Å². The lowest BCUT2D eigenvalue weighted by molar-refractivity contribution is -0.109. The zero-order chi connectivity index (χ0) is 9.47. The van der Waals surface area contributed by atoms with Crippen molar-refractivity contribution < 1.29 is 4.79 Å². The summed E-state index contributed by atoms with van der Waals surface area (Å²) in [6, 6.07) is 1.75. The van der Waals surface area contributed by atoms with Crippen molar-refractivity contribution in [3.8, 4) is 0 Å². The van der Waals surface area contributed by atoms with E-state index in [1.54, 1.807) is 12.3 Å². The van der Waals surface area contributed by atoms with Crippen molar-refractivity contribution in [1.29, 1.82) is 0 Å². The summed E-state index contributed by atoms with van der Waals surface area (Å²) >= 11 is 5.77. The molecule has 1 aliphatic rings. The van der Waals surface area contributed by atoms with Crippen molar-refractivity contribution in [2.24, 2.45) is 10.7 Å². The molecule has 1 aliphatic heterocycles. The number of carbonyl (C=O) groups excluding carboxylic acids is 1. The fourth-order valence-corrected chi connectivity index (χ4v) is 1.37. The Morgan fingerprint density at radius 1 is 1.69 bits per heavy atom. The molecule has 2 heterocycles. The summed E-state index contributed by atoms with van der Waals surface area (Å²) in [5, 5.41) is 1.24. The molecule has 4 N–H and O–H groups in total. The lowest BCUT2D eigenvalue weighted by Crippen LogP contribution is -2.38. The van der Waals surface area contributed by atoms with Crippen molar-refractivity contribution in [3.05, 3.63) is 17.8 Å². The third-order valence-corrected chi connectivity index (χ3v) is 2.03. The predicted octanol–water partition coefficient (Wildman–Crippen LogP) is 0.237. The molecule has 2 rings (SSSR count). The highest BCUT2D eigenvalue weighted by atomic mass is 35.5. The Balaban J connectivity index is 2.51. The lowest BCUT2D eigenvalue weighted by atomic mass is 10.2. The topological polar surface area (TPSA) is 83.3 Å². The average Bonchev–Trinajstić information content (AvgIpc) is 2.52. The minimum absolute atomic E-state index is 0.247. The Hall–Kier alpha value is -1.49. The number of hydrogen-bond acceptors (Lipinski definition) is 4. The lowest BCUT2D eigenvalue weighted by Gasteiger charge is -2.23. The van der Waals surface area contributed by atoms with E-state index in [2.05, 4.69) is 15.3 Å². The van der Waals surface area contributed by atoms with Crippen molar-refractivity contribution in [2.45, 2.75) is 5.12 Å². The minimum Gasteiger partial charge on any atom is -0.383 e. The average molecular weight is 199 g/mol.